The van der Waals surface area contributed by atoms with Crippen LogP contribution in [0.3, 0.4) is 0 Å². The fourth-order valence-electron chi connectivity index (χ4n) is 1.29. The van der Waals surface area contributed by atoms with Crippen LogP contribution < -0.4 is 0 Å². The van der Waals surface area contributed by atoms with Gasteiger partial charge in [0.2, 0.25) is 5.88 Å². The normalized spacial score (nSPS) is 12.0. The van der Waals surface area contributed by atoms with Gasteiger partial charge in [0.25, 0.3) is 0 Å². The van der Waals surface area contributed by atoms with Crippen molar-refractivity contribution in [3.05, 3.63) is 11.8 Å². The van der Waals surface area contributed by atoms with Gasteiger partial charge < -0.3 is 5.11 Å². The van der Waals surface area contributed by atoms with Gasteiger partial charge in [0.15, 0.2) is 0 Å². The van der Waals surface area contributed by atoms with E-state index in [9.17, 15) is 5.11 Å². The van der Waals surface area contributed by atoms with Crippen molar-refractivity contribution in [2.24, 2.45) is 0 Å². The standard InChI is InChI=1S/C11H20N2O/c1-5-6-7-9-8-13(11(2,3)4)12-10(9)14/h8H,5-7H2,1-4H3,(H,12,14). The molecule has 0 bridgehead atoms. The summed E-state index contributed by atoms with van der Waals surface area (Å²) in [5.74, 6) is 0.188. The highest BCUT2D eigenvalue weighted by Crippen LogP contribution is 2.21. The maximum absolute atomic E-state index is 9.59. The van der Waals surface area contributed by atoms with E-state index in [1.165, 1.54) is 0 Å². The van der Waals surface area contributed by atoms with Gasteiger partial charge >= 0.3 is 0 Å². The molecule has 0 fully saturated rings. The molecule has 0 unspecified atom stereocenters. The predicted octanol–water partition coefficient (Wildman–Crippen LogP) is 2.69. The van der Waals surface area contributed by atoms with E-state index in [-0.39, 0.29) is 11.4 Å². The number of aromatic hydroxyl groups is 1. The van der Waals surface area contributed by atoms with Crippen molar-refractivity contribution in [3.8, 4) is 5.88 Å². The van der Waals surface area contributed by atoms with Gasteiger partial charge in [0.1, 0.15) is 0 Å². The first-order valence-electron chi connectivity index (χ1n) is 5.23. The van der Waals surface area contributed by atoms with Crippen molar-refractivity contribution in [1.82, 2.24) is 9.78 Å². The molecule has 1 aromatic heterocycles. The van der Waals surface area contributed by atoms with E-state index in [1.54, 1.807) is 0 Å². The Labute approximate surface area is 85.8 Å². The minimum Gasteiger partial charge on any atom is -0.492 e. The summed E-state index contributed by atoms with van der Waals surface area (Å²) in [6, 6.07) is 0. The monoisotopic (exact) mass is 196 g/mol. The summed E-state index contributed by atoms with van der Waals surface area (Å²) >= 11 is 0. The molecule has 0 amide bonds. The molecular formula is C11H20N2O. The number of rotatable bonds is 3. The first-order chi connectivity index (χ1) is 6.45. The Balaban J connectivity index is 2.82. The van der Waals surface area contributed by atoms with Crippen LogP contribution in [0.5, 0.6) is 5.88 Å². The van der Waals surface area contributed by atoms with Gasteiger partial charge in [-0.1, -0.05) is 13.3 Å². The zero-order chi connectivity index (χ0) is 10.8. The Morgan fingerprint density at radius 1 is 1.43 bits per heavy atom. The van der Waals surface area contributed by atoms with Crippen LogP contribution in [0.25, 0.3) is 0 Å². The maximum Gasteiger partial charge on any atom is 0.233 e. The molecule has 1 rings (SSSR count). The molecule has 3 nitrogen and oxygen atoms in total. The number of hydrogen-bond donors (Lipinski definition) is 1. The summed E-state index contributed by atoms with van der Waals surface area (Å²) in [4.78, 5) is 0. The smallest absolute Gasteiger partial charge is 0.233 e. The minimum absolute atomic E-state index is 0.0536. The molecule has 0 saturated heterocycles. The van der Waals surface area contributed by atoms with Gasteiger partial charge in [0.05, 0.1) is 5.54 Å². The number of aromatic nitrogens is 2. The fourth-order valence-corrected chi connectivity index (χ4v) is 1.29. The van der Waals surface area contributed by atoms with Crippen LogP contribution in [0.2, 0.25) is 0 Å². The number of nitrogens with zero attached hydrogens (tertiary/aromatic N) is 2. The Hall–Kier alpha value is -0.990. The second-order valence-electron chi connectivity index (χ2n) is 4.70. The van der Waals surface area contributed by atoms with Gasteiger partial charge in [-0.05, 0) is 33.6 Å². The third-order valence-corrected chi connectivity index (χ3v) is 2.25. The molecule has 1 aromatic rings. The van der Waals surface area contributed by atoms with Crippen LogP contribution in [0.1, 0.15) is 46.1 Å². The van der Waals surface area contributed by atoms with Crippen LogP contribution in [0.15, 0.2) is 6.20 Å². The maximum atomic E-state index is 9.59. The first kappa shape index (κ1) is 11.1. The molecule has 14 heavy (non-hydrogen) atoms. The van der Waals surface area contributed by atoms with E-state index >= 15 is 0 Å². The molecule has 1 heterocycles. The lowest BCUT2D eigenvalue weighted by molar-refractivity contribution is 0.338. The Kier molecular flexibility index (Phi) is 3.19. The van der Waals surface area contributed by atoms with Gasteiger partial charge in [-0.15, -0.1) is 5.10 Å². The van der Waals surface area contributed by atoms with E-state index in [2.05, 4.69) is 32.8 Å². The molecule has 0 saturated carbocycles. The van der Waals surface area contributed by atoms with Crippen molar-refractivity contribution >= 4 is 0 Å². The highest BCUT2D eigenvalue weighted by atomic mass is 16.3. The van der Waals surface area contributed by atoms with Crippen molar-refractivity contribution in [2.75, 3.05) is 0 Å². The molecule has 0 aromatic carbocycles. The highest BCUT2D eigenvalue weighted by Gasteiger charge is 2.17. The lowest BCUT2D eigenvalue weighted by Gasteiger charge is -2.18. The summed E-state index contributed by atoms with van der Waals surface area (Å²) in [7, 11) is 0. The lowest BCUT2D eigenvalue weighted by atomic mass is 10.1. The zero-order valence-corrected chi connectivity index (χ0v) is 9.54. The second kappa shape index (κ2) is 4.03. The highest BCUT2D eigenvalue weighted by molar-refractivity contribution is 5.22. The van der Waals surface area contributed by atoms with Crippen molar-refractivity contribution in [1.29, 1.82) is 0 Å². The Bertz CT molecular complexity index is 297. The van der Waals surface area contributed by atoms with Crippen molar-refractivity contribution in [2.45, 2.75) is 52.5 Å². The van der Waals surface area contributed by atoms with Gasteiger partial charge in [-0.25, -0.2) is 0 Å². The van der Waals surface area contributed by atoms with Crippen molar-refractivity contribution < 1.29 is 5.11 Å². The molecular weight excluding hydrogens is 176 g/mol. The first-order valence-corrected chi connectivity index (χ1v) is 5.23. The number of unbranched alkanes of at least 4 members (excludes halogenated alkanes) is 1. The van der Waals surface area contributed by atoms with Crippen LogP contribution >= 0.6 is 0 Å². The van der Waals surface area contributed by atoms with E-state index in [4.69, 9.17) is 0 Å². The van der Waals surface area contributed by atoms with Gasteiger partial charge in [-0.3, -0.25) is 4.68 Å². The Morgan fingerprint density at radius 3 is 2.50 bits per heavy atom. The summed E-state index contributed by atoms with van der Waals surface area (Å²) in [5, 5.41) is 13.7. The summed E-state index contributed by atoms with van der Waals surface area (Å²) < 4.78 is 1.83. The van der Waals surface area contributed by atoms with Crippen LogP contribution in [0, 0.1) is 0 Å². The second-order valence-corrected chi connectivity index (χ2v) is 4.70. The quantitative estimate of drug-likeness (QED) is 0.807. The minimum atomic E-state index is -0.0536. The van der Waals surface area contributed by atoms with Gasteiger partial charge in [-0.2, -0.15) is 0 Å². The number of aryl methyl sites for hydroxylation is 1. The molecule has 0 spiro atoms. The molecule has 0 atom stereocenters. The topological polar surface area (TPSA) is 38.0 Å². The van der Waals surface area contributed by atoms with E-state index < -0.39 is 0 Å². The average molecular weight is 196 g/mol. The van der Waals surface area contributed by atoms with Crippen LogP contribution in [-0.4, -0.2) is 14.9 Å². The third-order valence-electron chi connectivity index (χ3n) is 2.25. The zero-order valence-electron chi connectivity index (χ0n) is 9.54. The molecule has 3 heteroatoms. The van der Waals surface area contributed by atoms with Gasteiger partial charge in [0, 0.05) is 11.8 Å². The number of hydrogen-bond acceptors (Lipinski definition) is 2. The summed E-state index contributed by atoms with van der Waals surface area (Å²) in [6.45, 7) is 8.36. The molecule has 0 aliphatic rings. The van der Waals surface area contributed by atoms with Crippen molar-refractivity contribution in [3.63, 3.8) is 0 Å². The summed E-state index contributed by atoms with van der Waals surface area (Å²) in [6.07, 6.45) is 5.10. The molecule has 1 N–H and O–H groups in total. The third kappa shape index (κ3) is 2.50. The molecule has 0 radical (unpaired) electrons. The van der Waals surface area contributed by atoms with Crippen LogP contribution in [-0.2, 0) is 12.0 Å². The Morgan fingerprint density at radius 2 is 2.07 bits per heavy atom. The van der Waals surface area contributed by atoms with E-state index in [1.807, 2.05) is 10.9 Å². The van der Waals surface area contributed by atoms with Crippen LogP contribution in [0.4, 0.5) is 0 Å². The lowest BCUT2D eigenvalue weighted by Crippen LogP contribution is -2.21. The summed E-state index contributed by atoms with van der Waals surface area (Å²) in [5.41, 5.74) is 0.906. The average Bonchev–Trinajstić information content (AvgIpc) is 2.43. The largest absolute Gasteiger partial charge is 0.492 e. The van der Waals surface area contributed by atoms with E-state index in [0.717, 1.165) is 24.8 Å². The molecule has 80 valence electrons. The van der Waals surface area contributed by atoms with E-state index in [0.29, 0.717) is 0 Å². The SMILES string of the molecule is CCCCc1cn(C(C)(C)C)nc1O. The fraction of sp³-hybridized carbons (Fsp3) is 0.727. The molecule has 0 aliphatic carbocycles. The molecule has 0 aliphatic heterocycles. The predicted molar refractivity (Wildman–Crippen MR) is 57.5 cm³/mol.